The molecule has 2 rings (SSSR count). The van der Waals surface area contributed by atoms with E-state index in [9.17, 15) is 4.39 Å². The Kier molecular flexibility index (Phi) is 4.36. The Bertz CT molecular complexity index is 377. The van der Waals surface area contributed by atoms with Gasteiger partial charge in [0.25, 0.3) is 0 Å². The summed E-state index contributed by atoms with van der Waals surface area (Å²) in [6, 6.07) is 7.64. The molecule has 1 heterocycles. The number of benzene rings is 1. The summed E-state index contributed by atoms with van der Waals surface area (Å²) in [6.45, 7) is 6.74. The highest BCUT2D eigenvalue weighted by atomic mass is 19.1. The third-order valence-electron chi connectivity index (χ3n) is 3.94. The number of halogens is 1. The number of hydrogen-bond donors (Lipinski definition) is 1. The predicted molar refractivity (Wildman–Crippen MR) is 73.0 cm³/mol. The molecule has 1 aromatic carbocycles. The third-order valence-corrected chi connectivity index (χ3v) is 3.94. The first-order valence-electron chi connectivity index (χ1n) is 6.76. The first kappa shape index (κ1) is 13.5. The highest BCUT2D eigenvalue weighted by Crippen LogP contribution is 2.20. The summed E-state index contributed by atoms with van der Waals surface area (Å²) < 4.78 is 12.9. The van der Waals surface area contributed by atoms with Crippen molar-refractivity contribution >= 4 is 0 Å². The molecule has 0 amide bonds. The lowest BCUT2D eigenvalue weighted by Crippen LogP contribution is -2.47. The Balaban J connectivity index is 1.94. The van der Waals surface area contributed by atoms with Crippen LogP contribution in [-0.4, -0.2) is 31.1 Å². The lowest BCUT2D eigenvalue weighted by Gasteiger charge is -2.37. The second-order valence-electron chi connectivity index (χ2n) is 5.57. The van der Waals surface area contributed by atoms with Gasteiger partial charge in [0.15, 0.2) is 0 Å². The molecule has 18 heavy (non-hydrogen) atoms. The van der Waals surface area contributed by atoms with Crippen LogP contribution in [0.15, 0.2) is 24.3 Å². The van der Waals surface area contributed by atoms with Crippen molar-refractivity contribution in [3.63, 3.8) is 0 Å². The fourth-order valence-corrected chi connectivity index (χ4v) is 2.77. The van der Waals surface area contributed by atoms with E-state index in [4.69, 9.17) is 0 Å². The molecule has 1 aliphatic heterocycles. The molecule has 0 saturated carbocycles. The molecule has 2 nitrogen and oxygen atoms in total. The minimum atomic E-state index is -0.168. The van der Waals surface area contributed by atoms with Crippen molar-refractivity contribution in [1.29, 1.82) is 0 Å². The molecule has 0 radical (unpaired) electrons. The van der Waals surface area contributed by atoms with Gasteiger partial charge in [0.05, 0.1) is 0 Å². The van der Waals surface area contributed by atoms with Crippen LogP contribution >= 0.6 is 0 Å². The van der Waals surface area contributed by atoms with Crippen LogP contribution < -0.4 is 5.32 Å². The van der Waals surface area contributed by atoms with Crippen LogP contribution in [0.5, 0.6) is 0 Å². The van der Waals surface area contributed by atoms with Gasteiger partial charge in [-0.3, -0.25) is 0 Å². The maximum atomic E-state index is 12.9. The van der Waals surface area contributed by atoms with Crippen LogP contribution in [0.3, 0.4) is 0 Å². The van der Waals surface area contributed by atoms with Crippen molar-refractivity contribution < 1.29 is 4.39 Å². The average molecular weight is 250 g/mol. The summed E-state index contributed by atoms with van der Waals surface area (Å²) in [5.74, 6) is 0.491. The number of nitrogens with one attached hydrogen (secondary N) is 1. The summed E-state index contributed by atoms with van der Waals surface area (Å²) in [7, 11) is 2.18. The van der Waals surface area contributed by atoms with Gasteiger partial charge in [-0.25, -0.2) is 4.39 Å². The van der Waals surface area contributed by atoms with E-state index in [1.807, 2.05) is 12.1 Å². The monoisotopic (exact) mass is 250 g/mol. The van der Waals surface area contributed by atoms with Gasteiger partial charge >= 0.3 is 0 Å². The summed E-state index contributed by atoms with van der Waals surface area (Å²) in [5.41, 5.74) is 1.16. The molecule has 3 atom stereocenters. The van der Waals surface area contributed by atoms with Crippen molar-refractivity contribution in [2.75, 3.05) is 20.1 Å². The van der Waals surface area contributed by atoms with E-state index >= 15 is 0 Å². The first-order valence-corrected chi connectivity index (χ1v) is 6.76. The average Bonchev–Trinajstić information content (AvgIpc) is 2.33. The molecule has 1 N–H and O–H groups in total. The van der Waals surface area contributed by atoms with Gasteiger partial charge in [-0.05, 0) is 50.6 Å². The Morgan fingerprint density at radius 3 is 2.61 bits per heavy atom. The first-order chi connectivity index (χ1) is 8.56. The van der Waals surface area contributed by atoms with Crippen molar-refractivity contribution in [2.24, 2.45) is 5.92 Å². The summed E-state index contributed by atoms with van der Waals surface area (Å²) >= 11 is 0. The van der Waals surface area contributed by atoms with Crippen molar-refractivity contribution in [2.45, 2.75) is 32.4 Å². The molecule has 0 aliphatic carbocycles. The maximum absolute atomic E-state index is 12.9. The predicted octanol–water partition coefficient (Wildman–Crippen LogP) is 2.82. The largest absolute Gasteiger partial charge is 0.307 e. The molecule has 0 spiro atoms. The molecule has 3 heteroatoms. The Hall–Kier alpha value is -0.930. The Morgan fingerprint density at radius 1 is 1.33 bits per heavy atom. The third kappa shape index (κ3) is 3.30. The van der Waals surface area contributed by atoms with Crippen molar-refractivity contribution in [1.82, 2.24) is 10.2 Å². The molecule has 1 aromatic rings. The number of piperidine rings is 1. The summed E-state index contributed by atoms with van der Waals surface area (Å²) in [4.78, 5) is 2.38. The van der Waals surface area contributed by atoms with Gasteiger partial charge in [-0.15, -0.1) is 0 Å². The zero-order valence-corrected chi connectivity index (χ0v) is 11.5. The highest BCUT2D eigenvalue weighted by Gasteiger charge is 2.25. The second kappa shape index (κ2) is 5.81. The Morgan fingerprint density at radius 2 is 2.00 bits per heavy atom. The molecule has 0 bridgehead atoms. The number of likely N-dealkylation sites (tertiary alicyclic amines) is 1. The van der Waals surface area contributed by atoms with Crippen LogP contribution in [0.4, 0.5) is 4.39 Å². The van der Waals surface area contributed by atoms with E-state index in [0.29, 0.717) is 12.0 Å². The SMILES string of the molecule is CC(NC1CCN(C)CC1C)c1ccc(F)cc1. The van der Waals surface area contributed by atoms with Crippen LogP contribution in [-0.2, 0) is 0 Å². The van der Waals surface area contributed by atoms with Crippen LogP contribution in [0.1, 0.15) is 31.9 Å². The maximum Gasteiger partial charge on any atom is 0.123 e. The van der Waals surface area contributed by atoms with E-state index in [2.05, 4.69) is 31.1 Å². The molecule has 1 saturated heterocycles. The van der Waals surface area contributed by atoms with Crippen molar-refractivity contribution in [3.8, 4) is 0 Å². The molecule has 0 aromatic heterocycles. The van der Waals surface area contributed by atoms with E-state index in [1.54, 1.807) is 0 Å². The van der Waals surface area contributed by atoms with E-state index in [-0.39, 0.29) is 11.9 Å². The zero-order chi connectivity index (χ0) is 13.1. The van der Waals surface area contributed by atoms with Gasteiger partial charge in [0.2, 0.25) is 0 Å². The van der Waals surface area contributed by atoms with Gasteiger partial charge < -0.3 is 10.2 Å². The second-order valence-corrected chi connectivity index (χ2v) is 5.57. The van der Waals surface area contributed by atoms with Crippen LogP contribution in [0, 0.1) is 11.7 Å². The van der Waals surface area contributed by atoms with Crippen molar-refractivity contribution in [3.05, 3.63) is 35.6 Å². The van der Waals surface area contributed by atoms with E-state index in [0.717, 1.165) is 18.7 Å². The zero-order valence-electron chi connectivity index (χ0n) is 11.5. The number of hydrogen-bond acceptors (Lipinski definition) is 2. The molecule has 1 fully saturated rings. The van der Waals surface area contributed by atoms with Crippen LogP contribution in [0.2, 0.25) is 0 Å². The minimum absolute atomic E-state index is 0.168. The smallest absolute Gasteiger partial charge is 0.123 e. The van der Waals surface area contributed by atoms with Crippen LogP contribution in [0.25, 0.3) is 0 Å². The summed E-state index contributed by atoms with van der Waals surface area (Å²) in [6.07, 6.45) is 1.18. The fourth-order valence-electron chi connectivity index (χ4n) is 2.77. The molecule has 3 unspecified atom stereocenters. The van der Waals surface area contributed by atoms with E-state index in [1.165, 1.54) is 18.6 Å². The molecular formula is C15H23FN2. The van der Waals surface area contributed by atoms with Gasteiger partial charge in [0, 0.05) is 18.6 Å². The molecule has 100 valence electrons. The highest BCUT2D eigenvalue weighted by molar-refractivity contribution is 5.19. The number of nitrogens with zero attached hydrogens (tertiary/aromatic N) is 1. The Labute approximate surface area is 109 Å². The van der Waals surface area contributed by atoms with E-state index < -0.39 is 0 Å². The lowest BCUT2D eigenvalue weighted by molar-refractivity contribution is 0.168. The topological polar surface area (TPSA) is 15.3 Å². The van der Waals surface area contributed by atoms with Gasteiger partial charge in [0.1, 0.15) is 5.82 Å². The normalized spacial score (nSPS) is 27.1. The van der Waals surface area contributed by atoms with Gasteiger partial charge in [-0.2, -0.15) is 0 Å². The standard InChI is InChI=1S/C15H23FN2/c1-11-10-18(3)9-8-15(11)17-12(2)13-4-6-14(16)7-5-13/h4-7,11-12,15,17H,8-10H2,1-3H3. The van der Waals surface area contributed by atoms with Gasteiger partial charge in [-0.1, -0.05) is 19.1 Å². The minimum Gasteiger partial charge on any atom is -0.307 e. The molecule has 1 aliphatic rings. The number of rotatable bonds is 3. The summed E-state index contributed by atoms with van der Waals surface area (Å²) in [5, 5.41) is 3.68. The fraction of sp³-hybridized carbons (Fsp3) is 0.600. The lowest BCUT2D eigenvalue weighted by atomic mass is 9.93. The quantitative estimate of drug-likeness (QED) is 0.887. The molecular weight excluding hydrogens is 227 g/mol.